The van der Waals surface area contributed by atoms with Gasteiger partial charge in [-0.15, -0.1) is 4.57 Å². The fourth-order valence-corrected chi connectivity index (χ4v) is 6.14. The fraction of sp³-hybridized carbons (Fsp3) is 0.265. The normalized spacial score (nSPS) is 13.1. The molecule has 0 spiro atoms. The molecule has 0 bridgehead atoms. The predicted molar refractivity (Wildman–Crippen MR) is 168 cm³/mol. The van der Waals surface area contributed by atoms with E-state index in [0.717, 1.165) is 8.87 Å². The number of pyridine rings is 1. The zero-order chi connectivity index (χ0) is 34.6. The molecule has 10 nitrogen and oxygen atoms in total. The average Bonchev–Trinajstić information content (AvgIpc) is 3.35. The minimum atomic E-state index is -3.92. The Hall–Kier alpha value is -3.56. The van der Waals surface area contributed by atoms with E-state index in [4.69, 9.17) is 0 Å². The number of carbonyl (C=O) groups excluding carboxylic acids is 2. The largest absolute Gasteiger partial charge is 1.00 e. The number of aliphatic hydroxyl groups is 2. The third-order valence-corrected chi connectivity index (χ3v) is 9.21. The van der Waals surface area contributed by atoms with Crippen LogP contribution in [0, 0.1) is 11.6 Å². The van der Waals surface area contributed by atoms with Gasteiger partial charge < -0.3 is 24.7 Å². The van der Waals surface area contributed by atoms with Gasteiger partial charge in [-0.2, -0.15) is 0 Å². The summed E-state index contributed by atoms with van der Waals surface area (Å²) in [5.74, 6) is -3.15. The van der Waals surface area contributed by atoms with Gasteiger partial charge in [-0.3, -0.25) is 0 Å². The Morgan fingerprint density at radius 3 is 2.00 bits per heavy atom. The van der Waals surface area contributed by atoms with E-state index in [1.54, 1.807) is 18.4 Å². The first kappa shape index (κ1) is 38.9. The molecule has 0 saturated heterocycles. The number of rotatable bonds is 12. The Morgan fingerprint density at radius 2 is 1.50 bits per heavy atom. The summed E-state index contributed by atoms with van der Waals surface area (Å²) in [4.78, 5) is 25.3. The van der Waals surface area contributed by atoms with Crippen LogP contribution in [0.3, 0.4) is 0 Å². The molecule has 0 aliphatic heterocycles. The van der Waals surface area contributed by atoms with Gasteiger partial charge in [0.1, 0.15) is 16.5 Å². The number of aromatic nitrogens is 2. The van der Waals surface area contributed by atoms with Crippen molar-refractivity contribution in [1.29, 1.82) is 0 Å². The summed E-state index contributed by atoms with van der Waals surface area (Å²) in [5, 5.41) is 31.6. The number of halogens is 2. The van der Waals surface area contributed by atoms with Gasteiger partial charge in [0.2, 0.25) is 10.0 Å². The van der Waals surface area contributed by atoms with Crippen LogP contribution in [0.4, 0.5) is 8.78 Å². The van der Waals surface area contributed by atoms with E-state index in [-0.39, 0.29) is 46.6 Å². The first-order valence-electron chi connectivity index (χ1n) is 14.6. The Balaban J connectivity index is 0.00000625. The van der Waals surface area contributed by atoms with Gasteiger partial charge in [0.05, 0.1) is 17.9 Å². The third kappa shape index (κ3) is 8.72. The molecule has 2 atom stereocenters. The molecule has 4 aromatic rings. The Labute approximate surface area is 299 Å². The number of aliphatic hydroxyl groups excluding tert-OH is 2. The van der Waals surface area contributed by atoms with Crippen molar-refractivity contribution in [3.63, 3.8) is 0 Å². The van der Waals surface area contributed by atoms with Gasteiger partial charge >= 0.3 is 35.5 Å². The molecular formula is C34H35F2N3NaO7S+. The first-order chi connectivity index (χ1) is 22.1. The van der Waals surface area contributed by atoms with Gasteiger partial charge in [0, 0.05) is 56.1 Å². The molecule has 248 valence electrons. The summed E-state index contributed by atoms with van der Waals surface area (Å²) < 4.78 is 57.9. The Kier molecular flexibility index (Phi) is 13.1. The van der Waals surface area contributed by atoms with Crippen LogP contribution in [-0.2, 0) is 14.8 Å². The molecule has 0 saturated carbocycles. The molecule has 0 amide bonds. The number of aliphatic carboxylic acids is 1. The van der Waals surface area contributed by atoms with Crippen LogP contribution < -0.4 is 39.2 Å². The van der Waals surface area contributed by atoms with E-state index >= 15 is 0 Å². The minimum absolute atomic E-state index is 0. The van der Waals surface area contributed by atoms with Crippen molar-refractivity contribution in [3.8, 4) is 22.3 Å². The number of sulfonamides is 1. The van der Waals surface area contributed by atoms with Gasteiger partial charge in [-0.05, 0) is 61.4 Å². The van der Waals surface area contributed by atoms with Crippen molar-refractivity contribution in [3.05, 3.63) is 102 Å². The summed E-state index contributed by atoms with van der Waals surface area (Å²) in [5.41, 5.74) is 2.10. The van der Waals surface area contributed by atoms with Crippen LogP contribution in [0.1, 0.15) is 48.9 Å². The molecular weight excluding hydrogens is 655 g/mol. The quantitative estimate of drug-likeness (QED) is 0.160. The van der Waals surface area contributed by atoms with Crippen LogP contribution >= 0.6 is 0 Å². The van der Waals surface area contributed by atoms with Gasteiger partial charge in [-0.25, -0.2) is 26.3 Å². The number of carbonyl (C=O) groups is 2. The average molecular weight is 691 g/mol. The maximum absolute atomic E-state index is 14.6. The molecule has 0 aliphatic carbocycles. The van der Waals surface area contributed by atoms with Gasteiger partial charge in [-0.1, -0.05) is 30.3 Å². The van der Waals surface area contributed by atoms with E-state index in [9.17, 15) is 42.1 Å². The van der Waals surface area contributed by atoms with Crippen LogP contribution in [0.15, 0.2) is 84.0 Å². The van der Waals surface area contributed by atoms with Crippen LogP contribution in [-0.4, -0.2) is 65.7 Å². The zero-order valence-electron chi connectivity index (χ0n) is 27.2. The van der Waals surface area contributed by atoms with Crippen LogP contribution in [0.5, 0.6) is 0 Å². The number of hydrogen-bond donors (Lipinski definition) is 2. The predicted octanol–water partition coefficient (Wildman–Crippen LogP) is 0.177. The second-order valence-electron chi connectivity index (χ2n) is 11.4. The molecule has 2 aromatic carbocycles. The van der Waals surface area contributed by atoms with Gasteiger partial charge in [0.25, 0.3) is 0 Å². The summed E-state index contributed by atoms with van der Waals surface area (Å²) in [7, 11) is -1.19. The third-order valence-electron chi connectivity index (χ3n) is 7.41. The monoisotopic (exact) mass is 690 g/mol. The smallest absolute Gasteiger partial charge is 0.550 e. The maximum atomic E-state index is 14.6. The van der Waals surface area contributed by atoms with Crippen molar-refractivity contribution in [2.75, 3.05) is 14.1 Å². The van der Waals surface area contributed by atoms with Crippen LogP contribution in [0.25, 0.3) is 28.3 Å². The van der Waals surface area contributed by atoms with E-state index in [2.05, 4.69) is 0 Å². The molecule has 2 heterocycles. The maximum Gasteiger partial charge on any atom is 1.00 e. The summed E-state index contributed by atoms with van der Waals surface area (Å²) in [6, 6.07) is 13.2. The minimum Gasteiger partial charge on any atom is -0.550 e. The van der Waals surface area contributed by atoms with Crippen molar-refractivity contribution in [2.24, 2.45) is 0 Å². The van der Waals surface area contributed by atoms with Crippen molar-refractivity contribution in [2.45, 2.75) is 49.8 Å². The summed E-state index contributed by atoms with van der Waals surface area (Å²) in [6.45, 7) is 3.60. The molecule has 48 heavy (non-hydrogen) atoms. The van der Waals surface area contributed by atoms with Crippen LogP contribution in [0.2, 0.25) is 0 Å². The number of carboxylic acid groups (broad SMARTS) is 1. The molecule has 14 heteroatoms. The second kappa shape index (κ2) is 16.2. The molecule has 0 radical (unpaired) electrons. The molecule has 0 unspecified atom stereocenters. The zero-order valence-corrected chi connectivity index (χ0v) is 30.0. The van der Waals surface area contributed by atoms with E-state index in [1.165, 1.54) is 99.3 Å². The second-order valence-corrected chi connectivity index (χ2v) is 13.5. The van der Waals surface area contributed by atoms with Crippen molar-refractivity contribution in [1.82, 2.24) is 8.87 Å². The Morgan fingerprint density at radius 1 is 0.958 bits per heavy atom. The fourth-order valence-electron chi connectivity index (χ4n) is 5.23. The first-order valence-corrected chi connectivity index (χ1v) is 16.1. The van der Waals surface area contributed by atoms with E-state index in [0.29, 0.717) is 27.9 Å². The molecule has 2 N–H and O–H groups in total. The summed E-state index contributed by atoms with van der Waals surface area (Å²) in [6.07, 6.45) is 1.74. The van der Waals surface area contributed by atoms with Crippen molar-refractivity contribution < 1.29 is 76.2 Å². The standard InChI is InChI=1S/C34H35F2N3O7S.Na/c1-21(2)39-29(16-15-26(40)18-27(41)19-30(42)43)31(22-7-11-24(35)12-8-22)32(23-9-13-25(36)14-10-23)33(39)34(44)38-17-5-6-28(20-38)47(45,46)37(3)4;/h5-17,20-21,26-27,40-41H,18-19H2,1-4H3;/q;+1/b16-15+;/t26-,27-;/m1./s1. The molecule has 4 rings (SSSR count). The van der Waals surface area contributed by atoms with E-state index in [1.807, 2.05) is 0 Å². The molecule has 0 aliphatic rings. The van der Waals surface area contributed by atoms with Crippen molar-refractivity contribution >= 4 is 28.0 Å². The van der Waals surface area contributed by atoms with E-state index < -0.39 is 58.2 Å². The molecule has 0 fully saturated rings. The topological polar surface area (TPSA) is 144 Å². The number of benzene rings is 2. The molecule has 2 aromatic heterocycles. The SMILES string of the molecule is CC(C)n1c(/C=C/[C@@H](O)C[C@@H](O)CC(=O)[O-])c(-c2ccc(F)cc2)c(-c2ccc(F)cc2)c1C(=O)[n+]1cccc(S(=O)(=O)N(C)C)c1.[Na+]. The summed E-state index contributed by atoms with van der Waals surface area (Å²) >= 11 is 0. The Bertz CT molecular complexity index is 1910. The number of nitrogens with zero attached hydrogens (tertiary/aromatic N) is 3. The number of carboxylic acids is 1. The number of hydrogen-bond acceptors (Lipinski definition) is 7. The van der Waals surface area contributed by atoms with Gasteiger partial charge in [0.15, 0.2) is 18.1 Å².